The number of hydrogen-bond donors (Lipinski definition) is 2. The van der Waals surface area contributed by atoms with E-state index in [9.17, 15) is 0 Å². The van der Waals surface area contributed by atoms with E-state index in [-0.39, 0.29) is 0 Å². The maximum atomic E-state index is 3.66. The molecule has 0 radical (unpaired) electrons. The first kappa shape index (κ1) is 10.4. The predicted octanol–water partition coefficient (Wildman–Crippen LogP) is 1.06. The van der Waals surface area contributed by atoms with Gasteiger partial charge in [0.05, 0.1) is 0 Å². The van der Waals surface area contributed by atoms with Gasteiger partial charge in [-0.3, -0.25) is 5.32 Å². The fraction of sp³-hybridized carbons (Fsp3) is 0.692. The van der Waals surface area contributed by atoms with E-state index in [0.29, 0.717) is 18.1 Å². The van der Waals surface area contributed by atoms with Crippen LogP contribution in [0.2, 0.25) is 0 Å². The van der Waals surface area contributed by atoms with Crippen molar-refractivity contribution < 1.29 is 0 Å². The topological polar surface area (TPSA) is 27.3 Å². The molecule has 0 aromatic heterocycles. The van der Waals surface area contributed by atoms with E-state index in [2.05, 4.69) is 40.8 Å². The van der Waals surface area contributed by atoms with E-state index >= 15 is 0 Å². The van der Waals surface area contributed by atoms with Gasteiger partial charge in [0.1, 0.15) is 6.17 Å². The summed E-state index contributed by atoms with van der Waals surface area (Å²) in [6.07, 6.45) is 10.0. The molecule has 0 bridgehead atoms. The van der Waals surface area contributed by atoms with Crippen LogP contribution in [0.25, 0.3) is 0 Å². The van der Waals surface area contributed by atoms with Gasteiger partial charge in [-0.15, -0.1) is 0 Å². The molecule has 0 aromatic carbocycles. The van der Waals surface area contributed by atoms with E-state index in [1.807, 2.05) is 0 Å². The molecule has 3 aliphatic rings. The Balaban J connectivity index is 1.79. The Kier molecular flexibility index (Phi) is 2.74. The Hall–Kier alpha value is -0.800. The predicted molar refractivity (Wildman–Crippen MR) is 65.9 cm³/mol. The summed E-state index contributed by atoms with van der Waals surface area (Å²) in [4.78, 5) is 2.51. The normalized spacial score (nSPS) is 38.4. The molecule has 1 fully saturated rings. The van der Waals surface area contributed by atoms with E-state index in [4.69, 9.17) is 0 Å². The monoisotopic (exact) mass is 219 g/mol. The molecule has 3 aliphatic heterocycles. The Labute approximate surface area is 97.6 Å². The number of allylic oxidation sites excluding steroid dienone is 1. The Morgan fingerprint density at radius 2 is 2.31 bits per heavy atom. The van der Waals surface area contributed by atoms with Gasteiger partial charge in [0, 0.05) is 25.7 Å². The average Bonchev–Trinajstić information content (AvgIpc) is 2.72. The molecular formula is C13H21N3. The van der Waals surface area contributed by atoms with Gasteiger partial charge in [-0.05, 0) is 30.5 Å². The van der Waals surface area contributed by atoms with Crippen LogP contribution in [0.3, 0.4) is 0 Å². The lowest BCUT2D eigenvalue weighted by atomic mass is 10.0. The second-order valence-corrected chi connectivity index (χ2v) is 5.22. The molecule has 3 heteroatoms. The van der Waals surface area contributed by atoms with Gasteiger partial charge < -0.3 is 10.2 Å². The molecule has 2 N–H and O–H groups in total. The first-order valence-corrected chi connectivity index (χ1v) is 6.43. The standard InChI is InChI=1S/C13H21N3/c1-10-6-11(8-14-7-10)13-15-9-12-4-2-3-5-16(12)13/h3,5-6,10,12-15H,2,4,7-9H2,1H3/t10-,12?,13?/m1/s1. The number of nitrogens with one attached hydrogen (secondary N) is 2. The Morgan fingerprint density at radius 1 is 1.38 bits per heavy atom. The van der Waals surface area contributed by atoms with Crippen molar-refractivity contribution >= 4 is 0 Å². The average molecular weight is 219 g/mol. The van der Waals surface area contributed by atoms with E-state index in [0.717, 1.165) is 19.6 Å². The fourth-order valence-electron chi connectivity index (χ4n) is 3.05. The van der Waals surface area contributed by atoms with Crippen molar-refractivity contribution in [2.75, 3.05) is 19.6 Å². The number of nitrogens with zero attached hydrogens (tertiary/aromatic N) is 1. The van der Waals surface area contributed by atoms with Gasteiger partial charge in [-0.25, -0.2) is 0 Å². The van der Waals surface area contributed by atoms with Gasteiger partial charge in [-0.1, -0.05) is 19.1 Å². The summed E-state index contributed by atoms with van der Waals surface area (Å²) in [5, 5.41) is 7.15. The van der Waals surface area contributed by atoms with Gasteiger partial charge >= 0.3 is 0 Å². The van der Waals surface area contributed by atoms with Crippen molar-refractivity contribution in [2.45, 2.75) is 32.0 Å². The molecule has 0 amide bonds. The molecule has 16 heavy (non-hydrogen) atoms. The van der Waals surface area contributed by atoms with Gasteiger partial charge in [0.2, 0.25) is 0 Å². The van der Waals surface area contributed by atoms with Crippen LogP contribution in [0.1, 0.15) is 19.8 Å². The smallest absolute Gasteiger partial charge is 0.103 e. The molecule has 1 saturated heterocycles. The van der Waals surface area contributed by atoms with E-state index < -0.39 is 0 Å². The minimum atomic E-state index is 0.441. The third-order valence-corrected chi connectivity index (χ3v) is 3.86. The van der Waals surface area contributed by atoms with Crippen LogP contribution < -0.4 is 10.6 Å². The Bertz CT molecular complexity index is 321. The highest BCUT2D eigenvalue weighted by molar-refractivity contribution is 5.21. The van der Waals surface area contributed by atoms with Gasteiger partial charge in [0.15, 0.2) is 0 Å². The van der Waals surface area contributed by atoms with Crippen LogP contribution >= 0.6 is 0 Å². The lowest BCUT2D eigenvalue weighted by Gasteiger charge is -2.33. The minimum Gasteiger partial charge on any atom is -0.354 e. The largest absolute Gasteiger partial charge is 0.354 e. The second-order valence-electron chi connectivity index (χ2n) is 5.22. The summed E-state index contributed by atoms with van der Waals surface area (Å²) >= 11 is 0. The summed E-state index contributed by atoms with van der Waals surface area (Å²) < 4.78 is 0. The molecule has 0 aromatic rings. The zero-order valence-electron chi connectivity index (χ0n) is 9.95. The maximum absolute atomic E-state index is 3.66. The fourth-order valence-corrected chi connectivity index (χ4v) is 3.05. The highest BCUT2D eigenvalue weighted by atomic mass is 15.3. The van der Waals surface area contributed by atoms with Crippen LogP contribution in [0.4, 0.5) is 0 Å². The lowest BCUT2D eigenvalue weighted by Crippen LogP contribution is -2.43. The van der Waals surface area contributed by atoms with Crippen molar-refractivity contribution in [3.05, 3.63) is 23.9 Å². The van der Waals surface area contributed by atoms with Crippen molar-refractivity contribution in [2.24, 2.45) is 5.92 Å². The molecule has 0 aliphatic carbocycles. The van der Waals surface area contributed by atoms with Crippen LogP contribution in [0.15, 0.2) is 23.9 Å². The lowest BCUT2D eigenvalue weighted by molar-refractivity contribution is 0.269. The summed E-state index contributed by atoms with van der Waals surface area (Å²) in [6, 6.07) is 0.716. The quantitative estimate of drug-likeness (QED) is 0.646. The van der Waals surface area contributed by atoms with E-state index in [1.54, 1.807) is 0 Å². The van der Waals surface area contributed by atoms with Crippen molar-refractivity contribution in [1.82, 2.24) is 15.5 Å². The van der Waals surface area contributed by atoms with Gasteiger partial charge in [0.25, 0.3) is 0 Å². The maximum Gasteiger partial charge on any atom is 0.103 e. The van der Waals surface area contributed by atoms with Crippen LogP contribution in [-0.4, -0.2) is 36.7 Å². The zero-order valence-corrected chi connectivity index (χ0v) is 9.95. The SMILES string of the molecule is C[C@@H]1C=C(C2NCC3CCC=CN32)CNC1. The van der Waals surface area contributed by atoms with Crippen LogP contribution in [0, 0.1) is 5.92 Å². The van der Waals surface area contributed by atoms with Crippen LogP contribution in [0.5, 0.6) is 0 Å². The molecule has 0 saturated carbocycles. The third kappa shape index (κ3) is 1.78. The molecule has 3 rings (SSSR count). The highest BCUT2D eigenvalue weighted by Gasteiger charge is 2.34. The molecule has 3 atom stereocenters. The second kappa shape index (κ2) is 4.22. The number of rotatable bonds is 1. The number of hydrogen-bond acceptors (Lipinski definition) is 3. The highest BCUT2D eigenvalue weighted by Crippen LogP contribution is 2.26. The third-order valence-electron chi connectivity index (χ3n) is 3.86. The minimum absolute atomic E-state index is 0.441. The molecule has 3 nitrogen and oxygen atoms in total. The van der Waals surface area contributed by atoms with Crippen LogP contribution in [-0.2, 0) is 0 Å². The van der Waals surface area contributed by atoms with Crippen molar-refractivity contribution in [3.63, 3.8) is 0 Å². The number of fused-ring (bicyclic) bond motifs is 1. The first-order chi connectivity index (χ1) is 7.84. The van der Waals surface area contributed by atoms with E-state index in [1.165, 1.54) is 18.4 Å². The summed E-state index contributed by atoms with van der Waals surface area (Å²) in [5.41, 5.74) is 1.52. The van der Waals surface area contributed by atoms with Gasteiger partial charge in [-0.2, -0.15) is 0 Å². The summed E-state index contributed by atoms with van der Waals surface area (Å²) in [7, 11) is 0. The summed E-state index contributed by atoms with van der Waals surface area (Å²) in [6.45, 7) is 5.58. The zero-order chi connectivity index (χ0) is 11.0. The Morgan fingerprint density at radius 3 is 3.19 bits per heavy atom. The van der Waals surface area contributed by atoms with Crippen molar-refractivity contribution in [3.8, 4) is 0 Å². The molecule has 0 spiro atoms. The first-order valence-electron chi connectivity index (χ1n) is 6.43. The summed E-state index contributed by atoms with van der Waals surface area (Å²) in [5.74, 6) is 0.665. The molecule has 2 unspecified atom stereocenters. The molecule has 3 heterocycles. The molecule has 88 valence electrons. The molecular weight excluding hydrogens is 198 g/mol. The van der Waals surface area contributed by atoms with Crippen molar-refractivity contribution in [1.29, 1.82) is 0 Å².